The van der Waals surface area contributed by atoms with Gasteiger partial charge in [-0.1, -0.05) is 15.9 Å². The van der Waals surface area contributed by atoms with Crippen LogP contribution in [0.4, 0.5) is 5.69 Å². The molecular weight excluding hydrogens is 432 g/mol. The molecule has 1 fully saturated rings. The first-order chi connectivity index (χ1) is 8.58. The minimum absolute atomic E-state index is 0.147. The number of morpholine rings is 1. The fourth-order valence-electron chi connectivity index (χ4n) is 1.60. The van der Waals surface area contributed by atoms with Crippen LogP contribution in [0, 0.1) is 0 Å². The lowest BCUT2D eigenvalue weighted by Crippen LogP contribution is -2.45. The fourth-order valence-corrected chi connectivity index (χ4v) is 4.06. The van der Waals surface area contributed by atoms with Crippen molar-refractivity contribution in [3.8, 4) is 0 Å². The molecule has 1 heterocycles. The van der Waals surface area contributed by atoms with Crippen molar-refractivity contribution in [2.45, 2.75) is 6.10 Å². The van der Waals surface area contributed by atoms with E-state index in [0.29, 0.717) is 18.8 Å². The van der Waals surface area contributed by atoms with Crippen molar-refractivity contribution >= 4 is 59.4 Å². The molecule has 7 heteroatoms. The average molecular weight is 443 g/mol. The van der Waals surface area contributed by atoms with Gasteiger partial charge in [0.05, 0.1) is 12.3 Å². The van der Waals surface area contributed by atoms with E-state index in [2.05, 4.69) is 58.4 Å². The molecule has 98 valence electrons. The van der Waals surface area contributed by atoms with Gasteiger partial charge in [0.1, 0.15) is 6.10 Å². The molecule has 2 N–H and O–H groups in total. The normalized spacial score (nSPS) is 19.6. The van der Waals surface area contributed by atoms with Crippen molar-refractivity contribution in [3.05, 3.63) is 25.6 Å². The third-order valence-electron chi connectivity index (χ3n) is 2.48. The molecule has 1 amide bonds. The van der Waals surface area contributed by atoms with Gasteiger partial charge in [-0.15, -0.1) is 0 Å². The Morgan fingerprint density at radius 2 is 2.00 bits per heavy atom. The summed E-state index contributed by atoms with van der Waals surface area (Å²) in [6, 6.07) is 3.75. The molecule has 0 aromatic heterocycles. The van der Waals surface area contributed by atoms with Crippen LogP contribution in [0.15, 0.2) is 25.6 Å². The first-order valence-corrected chi connectivity index (χ1v) is 7.73. The number of benzene rings is 1. The maximum Gasteiger partial charge on any atom is 0.254 e. The van der Waals surface area contributed by atoms with E-state index in [1.165, 1.54) is 0 Å². The Labute approximate surface area is 130 Å². The molecule has 0 radical (unpaired) electrons. The van der Waals surface area contributed by atoms with Crippen molar-refractivity contribution in [2.24, 2.45) is 0 Å². The van der Waals surface area contributed by atoms with Crippen molar-refractivity contribution in [3.63, 3.8) is 0 Å². The number of carbonyl (C=O) groups is 1. The summed E-state index contributed by atoms with van der Waals surface area (Å²) in [4.78, 5) is 12.0. The van der Waals surface area contributed by atoms with Crippen LogP contribution in [-0.2, 0) is 9.53 Å². The highest BCUT2D eigenvalue weighted by molar-refractivity contribution is 9.11. The van der Waals surface area contributed by atoms with Gasteiger partial charge in [0.2, 0.25) is 0 Å². The zero-order valence-electron chi connectivity index (χ0n) is 9.30. The maximum atomic E-state index is 12.0. The van der Waals surface area contributed by atoms with E-state index in [1.54, 1.807) is 0 Å². The average Bonchev–Trinajstić information content (AvgIpc) is 2.34. The summed E-state index contributed by atoms with van der Waals surface area (Å²) in [5, 5.41) is 5.98. The molecule has 0 aliphatic carbocycles. The number of nitrogens with one attached hydrogen (secondary N) is 2. The second-order valence-corrected chi connectivity index (χ2v) is 6.42. The van der Waals surface area contributed by atoms with E-state index in [1.807, 2.05) is 12.1 Å². The topological polar surface area (TPSA) is 50.4 Å². The SMILES string of the molecule is O=C(Nc1c(Br)cc(Br)cc1Br)C1CNCCO1. The lowest BCUT2D eigenvalue weighted by atomic mass is 10.2. The molecular formula is C11H11Br3N2O2. The number of ether oxygens (including phenoxy) is 1. The molecule has 4 nitrogen and oxygen atoms in total. The zero-order chi connectivity index (χ0) is 13.1. The third kappa shape index (κ3) is 3.54. The zero-order valence-corrected chi connectivity index (χ0v) is 14.1. The Morgan fingerprint density at radius 3 is 2.56 bits per heavy atom. The molecule has 2 rings (SSSR count). The summed E-state index contributed by atoms with van der Waals surface area (Å²) < 4.78 is 7.94. The highest BCUT2D eigenvalue weighted by Gasteiger charge is 2.23. The van der Waals surface area contributed by atoms with Crippen LogP contribution in [0.2, 0.25) is 0 Å². The van der Waals surface area contributed by atoms with E-state index >= 15 is 0 Å². The van der Waals surface area contributed by atoms with Crippen molar-refractivity contribution < 1.29 is 9.53 Å². The first-order valence-electron chi connectivity index (χ1n) is 5.35. The van der Waals surface area contributed by atoms with E-state index in [0.717, 1.165) is 20.0 Å². The standard InChI is InChI=1S/C11H11Br3N2O2/c12-6-3-7(13)10(8(14)4-6)16-11(17)9-5-15-1-2-18-9/h3-4,9,15H,1-2,5H2,(H,16,17). The molecule has 0 bridgehead atoms. The Hall–Kier alpha value is 0.0500. The Bertz CT molecular complexity index is 439. The van der Waals surface area contributed by atoms with Gasteiger partial charge in [-0.25, -0.2) is 0 Å². The maximum absolute atomic E-state index is 12.0. The molecule has 1 saturated heterocycles. The number of anilines is 1. The summed E-state index contributed by atoms with van der Waals surface area (Å²) >= 11 is 10.2. The van der Waals surface area contributed by atoms with Gasteiger partial charge in [-0.3, -0.25) is 4.79 Å². The van der Waals surface area contributed by atoms with Gasteiger partial charge in [0, 0.05) is 26.5 Å². The highest BCUT2D eigenvalue weighted by atomic mass is 79.9. The number of hydrogen-bond acceptors (Lipinski definition) is 3. The van der Waals surface area contributed by atoms with Crippen molar-refractivity contribution in [1.29, 1.82) is 0 Å². The molecule has 18 heavy (non-hydrogen) atoms. The Morgan fingerprint density at radius 1 is 1.33 bits per heavy atom. The predicted molar refractivity (Wildman–Crippen MR) is 80.8 cm³/mol. The summed E-state index contributed by atoms with van der Waals surface area (Å²) in [6.07, 6.45) is -0.443. The van der Waals surface area contributed by atoms with E-state index in [4.69, 9.17) is 4.74 Å². The van der Waals surface area contributed by atoms with E-state index in [9.17, 15) is 4.79 Å². The number of carbonyl (C=O) groups excluding carboxylic acids is 1. The van der Waals surface area contributed by atoms with Gasteiger partial charge < -0.3 is 15.4 Å². The predicted octanol–water partition coefficient (Wildman–Crippen LogP) is 2.90. The fraction of sp³-hybridized carbons (Fsp3) is 0.364. The van der Waals surface area contributed by atoms with Crippen LogP contribution < -0.4 is 10.6 Å². The van der Waals surface area contributed by atoms with Gasteiger partial charge >= 0.3 is 0 Å². The number of hydrogen-bond donors (Lipinski definition) is 2. The van der Waals surface area contributed by atoms with Gasteiger partial charge in [-0.05, 0) is 44.0 Å². The Kier molecular flexibility index (Phi) is 5.20. The quantitative estimate of drug-likeness (QED) is 0.740. The molecule has 1 atom stereocenters. The summed E-state index contributed by atoms with van der Waals surface area (Å²) in [5.41, 5.74) is 0.706. The summed E-state index contributed by atoms with van der Waals surface area (Å²) in [7, 11) is 0. The molecule has 1 aliphatic rings. The summed E-state index contributed by atoms with van der Waals surface area (Å²) in [5.74, 6) is -0.147. The smallest absolute Gasteiger partial charge is 0.254 e. The monoisotopic (exact) mass is 440 g/mol. The van der Waals surface area contributed by atoms with Crippen LogP contribution in [0.5, 0.6) is 0 Å². The largest absolute Gasteiger partial charge is 0.366 e. The molecule has 1 aromatic carbocycles. The van der Waals surface area contributed by atoms with Gasteiger partial charge in [0.15, 0.2) is 0 Å². The van der Waals surface area contributed by atoms with E-state index < -0.39 is 6.10 Å². The van der Waals surface area contributed by atoms with E-state index in [-0.39, 0.29) is 5.91 Å². The lowest BCUT2D eigenvalue weighted by molar-refractivity contribution is -0.128. The van der Waals surface area contributed by atoms with Crippen LogP contribution in [0.1, 0.15) is 0 Å². The second kappa shape index (κ2) is 6.47. The summed E-state index contributed by atoms with van der Waals surface area (Å²) in [6.45, 7) is 1.88. The second-order valence-electron chi connectivity index (χ2n) is 3.80. The number of amides is 1. The minimum Gasteiger partial charge on any atom is -0.366 e. The first kappa shape index (κ1) is 14.5. The van der Waals surface area contributed by atoms with Crippen molar-refractivity contribution in [1.82, 2.24) is 5.32 Å². The minimum atomic E-state index is -0.443. The van der Waals surface area contributed by atoms with Gasteiger partial charge in [-0.2, -0.15) is 0 Å². The lowest BCUT2D eigenvalue weighted by Gasteiger charge is -2.23. The van der Waals surface area contributed by atoms with Crippen LogP contribution in [0.25, 0.3) is 0 Å². The Balaban J connectivity index is 2.11. The molecule has 1 unspecified atom stereocenters. The van der Waals surface area contributed by atoms with Crippen LogP contribution in [0.3, 0.4) is 0 Å². The number of rotatable bonds is 2. The van der Waals surface area contributed by atoms with Crippen molar-refractivity contribution in [2.75, 3.05) is 25.0 Å². The molecule has 0 spiro atoms. The van der Waals surface area contributed by atoms with Gasteiger partial charge in [0.25, 0.3) is 5.91 Å². The molecule has 0 saturated carbocycles. The third-order valence-corrected chi connectivity index (χ3v) is 4.18. The van der Waals surface area contributed by atoms with Crippen LogP contribution >= 0.6 is 47.8 Å². The highest BCUT2D eigenvalue weighted by Crippen LogP contribution is 2.34. The molecule has 1 aliphatic heterocycles. The number of halogens is 3. The molecule has 1 aromatic rings. The van der Waals surface area contributed by atoms with Crippen LogP contribution in [-0.4, -0.2) is 31.7 Å².